The fraction of sp³-hybridized carbons (Fsp3) is 0.400. The molecule has 3 heteroatoms. The lowest BCUT2D eigenvalue weighted by molar-refractivity contribution is -0.0699. The molecule has 1 aliphatic heterocycles. The smallest absolute Gasteiger partial charge is 0.127 e. The molecule has 1 aliphatic rings. The lowest BCUT2D eigenvalue weighted by Gasteiger charge is -2.35. The van der Waals surface area contributed by atoms with Crippen molar-refractivity contribution in [3.63, 3.8) is 0 Å². The van der Waals surface area contributed by atoms with Gasteiger partial charge in [-0.05, 0) is 25.5 Å². The molecule has 0 amide bonds. The SMILES string of the molecule is C[C@H]1CN(CCOc2ccccc2-c2ccccc2)C[C@H](C)O1. The van der Waals surface area contributed by atoms with Gasteiger partial charge in [0.05, 0.1) is 12.2 Å². The molecule has 0 saturated carbocycles. The third-order valence-electron chi connectivity index (χ3n) is 4.13. The van der Waals surface area contributed by atoms with E-state index in [1.54, 1.807) is 0 Å². The van der Waals surface area contributed by atoms with Crippen molar-refractivity contribution in [2.75, 3.05) is 26.2 Å². The van der Waals surface area contributed by atoms with Crippen molar-refractivity contribution < 1.29 is 9.47 Å². The average molecular weight is 311 g/mol. The summed E-state index contributed by atoms with van der Waals surface area (Å²) in [6.45, 7) is 7.86. The minimum absolute atomic E-state index is 0.301. The molecule has 23 heavy (non-hydrogen) atoms. The van der Waals surface area contributed by atoms with Crippen LogP contribution in [0.1, 0.15) is 13.8 Å². The zero-order chi connectivity index (χ0) is 16.1. The Bertz CT molecular complexity index is 604. The van der Waals surface area contributed by atoms with Gasteiger partial charge in [-0.2, -0.15) is 0 Å². The van der Waals surface area contributed by atoms with Gasteiger partial charge in [-0.15, -0.1) is 0 Å². The first-order valence-electron chi connectivity index (χ1n) is 8.37. The standard InChI is InChI=1S/C20H25NO2/c1-16-14-21(15-17(2)23-16)12-13-22-20-11-7-6-10-19(20)18-8-4-3-5-9-18/h3-11,16-17H,12-15H2,1-2H3/t16-,17-/m0/s1. The van der Waals surface area contributed by atoms with Gasteiger partial charge in [-0.1, -0.05) is 48.5 Å². The first-order valence-corrected chi connectivity index (χ1v) is 8.37. The summed E-state index contributed by atoms with van der Waals surface area (Å²) in [5.74, 6) is 0.952. The van der Waals surface area contributed by atoms with Crippen LogP contribution in [-0.2, 0) is 4.74 Å². The zero-order valence-electron chi connectivity index (χ0n) is 13.9. The van der Waals surface area contributed by atoms with Crippen molar-refractivity contribution >= 4 is 0 Å². The summed E-state index contributed by atoms with van der Waals surface area (Å²) >= 11 is 0. The average Bonchev–Trinajstić information content (AvgIpc) is 2.55. The second-order valence-electron chi connectivity index (χ2n) is 6.23. The van der Waals surface area contributed by atoms with E-state index in [1.807, 2.05) is 18.2 Å². The molecule has 0 N–H and O–H groups in total. The fourth-order valence-electron chi connectivity index (χ4n) is 3.20. The van der Waals surface area contributed by atoms with Crippen LogP contribution >= 0.6 is 0 Å². The highest BCUT2D eigenvalue weighted by Gasteiger charge is 2.21. The molecule has 0 spiro atoms. The maximum Gasteiger partial charge on any atom is 0.127 e. The molecule has 1 saturated heterocycles. The lowest BCUT2D eigenvalue weighted by Crippen LogP contribution is -2.46. The summed E-state index contributed by atoms with van der Waals surface area (Å²) in [4.78, 5) is 2.42. The molecule has 0 unspecified atom stereocenters. The molecule has 2 atom stereocenters. The van der Waals surface area contributed by atoms with Crippen LogP contribution in [0.3, 0.4) is 0 Å². The van der Waals surface area contributed by atoms with Gasteiger partial charge in [0.2, 0.25) is 0 Å². The van der Waals surface area contributed by atoms with Crippen molar-refractivity contribution in [2.24, 2.45) is 0 Å². The predicted molar refractivity (Wildman–Crippen MR) is 93.8 cm³/mol. The molecule has 3 rings (SSSR count). The molecule has 0 aromatic heterocycles. The van der Waals surface area contributed by atoms with Crippen molar-refractivity contribution in [2.45, 2.75) is 26.1 Å². The number of morpholine rings is 1. The van der Waals surface area contributed by atoms with Gasteiger partial charge in [0.25, 0.3) is 0 Å². The Morgan fingerprint density at radius 1 is 0.957 bits per heavy atom. The van der Waals surface area contributed by atoms with Gasteiger partial charge in [-0.3, -0.25) is 4.90 Å². The first-order chi connectivity index (χ1) is 11.2. The number of ether oxygens (including phenoxy) is 2. The van der Waals surface area contributed by atoms with E-state index in [4.69, 9.17) is 9.47 Å². The van der Waals surface area contributed by atoms with Crippen LogP contribution in [0.5, 0.6) is 5.75 Å². The Labute approximate surface area is 138 Å². The van der Waals surface area contributed by atoms with Gasteiger partial charge in [0.1, 0.15) is 12.4 Å². The number of benzene rings is 2. The molecule has 2 aromatic carbocycles. The van der Waals surface area contributed by atoms with Crippen LogP contribution in [0.2, 0.25) is 0 Å². The van der Waals surface area contributed by atoms with E-state index in [0.717, 1.165) is 30.9 Å². The van der Waals surface area contributed by atoms with E-state index in [1.165, 1.54) is 5.56 Å². The number of para-hydroxylation sites is 1. The minimum Gasteiger partial charge on any atom is -0.492 e. The second-order valence-corrected chi connectivity index (χ2v) is 6.23. The first kappa shape index (κ1) is 16.0. The Morgan fingerprint density at radius 3 is 2.35 bits per heavy atom. The number of nitrogens with zero attached hydrogens (tertiary/aromatic N) is 1. The van der Waals surface area contributed by atoms with Gasteiger partial charge in [-0.25, -0.2) is 0 Å². The lowest BCUT2D eigenvalue weighted by atomic mass is 10.1. The fourth-order valence-corrected chi connectivity index (χ4v) is 3.20. The predicted octanol–water partition coefficient (Wildman–Crippen LogP) is 3.84. The summed E-state index contributed by atoms with van der Waals surface area (Å²) in [5.41, 5.74) is 2.34. The van der Waals surface area contributed by atoms with Crippen molar-refractivity contribution in [1.29, 1.82) is 0 Å². The molecule has 0 radical (unpaired) electrons. The quantitative estimate of drug-likeness (QED) is 0.837. The molecule has 0 bridgehead atoms. The normalized spacial score (nSPS) is 22.0. The Hall–Kier alpha value is -1.84. The van der Waals surface area contributed by atoms with E-state index in [9.17, 15) is 0 Å². The van der Waals surface area contributed by atoms with Gasteiger partial charge in [0, 0.05) is 25.2 Å². The number of hydrogen-bond donors (Lipinski definition) is 0. The Kier molecular flexibility index (Phi) is 5.31. The van der Waals surface area contributed by atoms with Crippen molar-refractivity contribution in [3.05, 3.63) is 54.6 Å². The third kappa shape index (κ3) is 4.34. The van der Waals surface area contributed by atoms with Gasteiger partial charge in [0.15, 0.2) is 0 Å². The van der Waals surface area contributed by atoms with Gasteiger partial charge >= 0.3 is 0 Å². The monoisotopic (exact) mass is 311 g/mol. The van der Waals surface area contributed by atoms with Crippen LogP contribution < -0.4 is 4.74 Å². The van der Waals surface area contributed by atoms with E-state index in [2.05, 4.69) is 55.1 Å². The number of rotatable bonds is 5. The molecule has 0 aliphatic carbocycles. The van der Waals surface area contributed by atoms with Crippen molar-refractivity contribution in [3.8, 4) is 16.9 Å². The Balaban J connectivity index is 1.61. The summed E-state index contributed by atoms with van der Waals surface area (Å²) in [5, 5.41) is 0. The molecule has 1 heterocycles. The molecule has 1 fully saturated rings. The largest absolute Gasteiger partial charge is 0.492 e. The second kappa shape index (κ2) is 7.62. The van der Waals surface area contributed by atoms with Crippen LogP contribution in [0.25, 0.3) is 11.1 Å². The van der Waals surface area contributed by atoms with E-state index in [0.29, 0.717) is 18.8 Å². The highest BCUT2D eigenvalue weighted by atomic mass is 16.5. The Morgan fingerprint density at radius 2 is 1.61 bits per heavy atom. The van der Waals surface area contributed by atoms with Crippen LogP contribution in [0.15, 0.2) is 54.6 Å². The van der Waals surface area contributed by atoms with Gasteiger partial charge < -0.3 is 9.47 Å². The highest BCUT2D eigenvalue weighted by molar-refractivity contribution is 5.70. The zero-order valence-corrected chi connectivity index (χ0v) is 13.9. The number of hydrogen-bond acceptors (Lipinski definition) is 3. The molecule has 3 nitrogen and oxygen atoms in total. The molecular formula is C20H25NO2. The van der Waals surface area contributed by atoms with Crippen LogP contribution in [0, 0.1) is 0 Å². The van der Waals surface area contributed by atoms with Crippen LogP contribution in [0.4, 0.5) is 0 Å². The summed E-state index contributed by atoms with van der Waals surface area (Å²) in [7, 11) is 0. The highest BCUT2D eigenvalue weighted by Crippen LogP contribution is 2.29. The third-order valence-corrected chi connectivity index (χ3v) is 4.13. The van der Waals surface area contributed by atoms with E-state index in [-0.39, 0.29) is 0 Å². The van der Waals surface area contributed by atoms with Crippen LogP contribution in [-0.4, -0.2) is 43.3 Å². The van der Waals surface area contributed by atoms with E-state index >= 15 is 0 Å². The molecule has 2 aromatic rings. The van der Waals surface area contributed by atoms with E-state index < -0.39 is 0 Å². The topological polar surface area (TPSA) is 21.7 Å². The summed E-state index contributed by atoms with van der Waals surface area (Å²) in [6, 6.07) is 18.6. The maximum absolute atomic E-state index is 6.08. The van der Waals surface area contributed by atoms with Crippen molar-refractivity contribution in [1.82, 2.24) is 4.90 Å². The molecular weight excluding hydrogens is 286 g/mol. The minimum atomic E-state index is 0.301. The molecule has 122 valence electrons. The maximum atomic E-state index is 6.08. The summed E-state index contributed by atoms with van der Waals surface area (Å²) < 4.78 is 11.9. The summed E-state index contributed by atoms with van der Waals surface area (Å²) in [6.07, 6.45) is 0.603.